The Labute approximate surface area is 129 Å². The van der Waals surface area contributed by atoms with E-state index >= 15 is 0 Å². The Morgan fingerprint density at radius 2 is 2.24 bits per heavy atom. The van der Waals surface area contributed by atoms with Crippen molar-refractivity contribution >= 4 is 24.6 Å². The van der Waals surface area contributed by atoms with Crippen LogP contribution in [-0.4, -0.2) is 40.1 Å². The smallest absolute Gasteiger partial charge is 0.334 e. The highest BCUT2D eigenvalue weighted by atomic mass is 32.1. The fourth-order valence-corrected chi connectivity index (χ4v) is 3.93. The number of carbonyl (C=O) groups is 2. The van der Waals surface area contributed by atoms with Gasteiger partial charge in [0, 0.05) is 5.75 Å². The highest BCUT2D eigenvalue weighted by molar-refractivity contribution is 7.80. The quantitative estimate of drug-likeness (QED) is 0.543. The molecule has 0 bridgehead atoms. The van der Waals surface area contributed by atoms with Crippen LogP contribution in [-0.2, 0) is 14.3 Å². The molecule has 4 atom stereocenters. The van der Waals surface area contributed by atoms with Gasteiger partial charge in [-0.2, -0.15) is 12.6 Å². The molecule has 0 amide bonds. The van der Waals surface area contributed by atoms with E-state index in [-0.39, 0.29) is 29.8 Å². The minimum Gasteiger partial charge on any atom is -0.478 e. The van der Waals surface area contributed by atoms with E-state index < -0.39 is 23.5 Å². The number of allylic oxidation sites excluding steroid dienone is 1. The predicted octanol–water partition coefficient (Wildman–Crippen LogP) is 1.51. The van der Waals surface area contributed by atoms with Crippen LogP contribution in [0, 0.1) is 23.7 Å². The molecule has 1 fully saturated rings. The van der Waals surface area contributed by atoms with Crippen molar-refractivity contribution in [1.82, 2.24) is 0 Å². The molecule has 0 aromatic rings. The summed E-state index contributed by atoms with van der Waals surface area (Å²) in [4.78, 5) is 23.6. The normalized spacial score (nSPS) is 36.5. The van der Waals surface area contributed by atoms with Gasteiger partial charge in [0.2, 0.25) is 0 Å². The second kappa shape index (κ2) is 6.01. The molecule has 0 radical (unpaired) electrons. The molecule has 2 rings (SSSR count). The zero-order valence-corrected chi connectivity index (χ0v) is 13.2. The third kappa shape index (κ3) is 2.97. The maximum atomic E-state index is 12.3. The first kappa shape index (κ1) is 16.4. The molecular weight excluding hydrogens is 292 g/mol. The van der Waals surface area contributed by atoms with Crippen LogP contribution in [0.25, 0.3) is 0 Å². The largest absolute Gasteiger partial charge is 0.478 e. The van der Waals surface area contributed by atoms with Crippen molar-refractivity contribution < 1.29 is 24.5 Å². The first-order valence-corrected chi connectivity index (χ1v) is 7.87. The lowest BCUT2D eigenvalue weighted by Gasteiger charge is -2.46. The highest BCUT2D eigenvalue weighted by Crippen LogP contribution is 2.47. The number of cyclic esters (lactones) is 1. The molecule has 6 heteroatoms. The van der Waals surface area contributed by atoms with Gasteiger partial charge in [-0.1, -0.05) is 19.9 Å². The van der Waals surface area contributed by atoms with E-state index in [1.807, 2.05) is 0 Å². The van der Waals surface area contributed by atoms with Crippen molar-refractivity contribution in [3.8, 4) is 0 Å². The summed E-state index contributed by atoms with van der Waals surface area (Å²) < 4.78 is 5.09. The van der Waals surface area contributed by atoms with Gasteiger partial charge >= 0.3 is 11.9 Å². The lowest BCUT2D eigenvalue weighted by molar-refractivity contribution is -0.165. The van der Waals surface area contributed by atoms with E-state index in [1.165, 1.54) is 0 Å². The Morgan fingerprint density at radius 1 is 1.57 bits per heavy atom. The Bertz CT molecular complexity index is 473. The van der Waals surface area contributed by atoms with Gasteiger partial charge in [-0.25, -0.2) is 4.79 Å². The van der Waals surface area contributed by atoms with Crippen molar-refractivity contribution in [3.63, 3.8) is 0 Å². The van der Waals surface area contributed by atoms with Gasteiger partial charge in [0.1, 0.15) is 6.61 Å². The van der Waals surface area contributed by atoms with Gasteiger partial charge in [-0.15, -0.1) is 0 Å². The third-order valence-electron chi connectivity index (χ3n) is 4.79. The second-order valence-electron chi connectivity index (χ2n) is 6.37. The zero-order chi connectivity index (χ0) is 15.8. The van der Waals surface area contributed by atoms with Gasteiger partial charge in [0.05, 0.1) is 17.1 Å². The molecule has 1 heterocycles. The summed E-state index contributed by atoms with van der Waals surface area (Å²) in [6.45, 7) is 3.86. The molecule has 1 aliphatic carbocycles. The number of esters is 1. The fraction of sp³-hybridized carbons (Fsp3) is 0.733. The molecule has 21 heavy (non-hydrogen) atoms. The first-order chi connectivity index (χ1) is 9.80. The number of carboxylic acids is 1. The van der Waals surface area contributed by atoms with Crippen LogP contribution in [0.2, 0.25) is 0 Å². The Kier molecular flexibility index (Phi) is 4.68. The molecule has 118 valence electrons. The average molecular weight is 314 g/mol. The van der Waals surface area contributed by atoms with Crippen LogP contribution >= 0.6 is 12.6 Å². The number of hydrogen-bond donors (Lipinski definition) is 3. The van der Waals surface area contributed by atoms with Crippen LogP contribution in [0.15, 0.2) is 11.6 Å². The average Bonchev–Trinajstić information content (AvgIpc) is 2.59. The van der Waals surface area contributed by atoms with Gasteiger partial charge in [0.15, 0.2) is 0 Å². The summed E-state index contributed by atoms with van der Waals surface area (Å²) >= 11 is 4.19. The minimum atomic E-state index is -1.24. The number of aliphatic hydroxyl groups is 1. The summed E-state index contributed by atoms with van der Waals surface area (Å²) in [5.74, 6) is -2.07. The molecule has 0 aromatic carbocycles. The predicted molar refractivity (Wildman–Crippen MR) is 80.0 cm³/mol. The molecule has 2 N–H and O–H groups in total. The SMILES string of the molecule is CC(C)[C@H]1CC[C@@](O)(CS)[C@H]2C(=O)OCC(C(=O)O)=C[C@H]12. The number of ether oxygens (including phenoxy) is 1. The van der Waals surface area contributed by atoms with Crippen molar-refractivity contribution in [3.05, 3.63) is 11.6 Å². The molecule has 0 spiro atoms. The maximum absolute atomic E-state index is 12.3. The van der Waals surface area contributed by atoms with E-state index in [2.05, 4.69) is 26.5 Å². The van der Waals surface area contributed by atoms with Crippen molar-refractivity contribution in [1.29, 1.82) is 0 Å². The van der Waals surface area contributed by atoms with Crippen LogP contribution < -0.4 is 0 Å². The summed E-state index contributed by atoms with van der Waals surface area (Å²) in [5, 5.41) is 20.0. The van der Waals surface area contributed by atoms with Crippen LogP contribution in [0.5, 0.6) is 0 Å². The number of carboxylic acid groups (broad SMARTS) is 1. The zero-order valence-electron chi connectivity index (χ0n) is 12.3. The van der Waals surface area contributed by atoms with Crippen LogP contribution in [0.4, 0.5) is 0 Å². The van der Waals surface area contributed by atoms with Crippen LogP contribution in [0.3, 0.4) is 0 Å². The fourth-order valence-electron chi connectivity index (χ4n) is 3.57. The molecule has 0 saturated heterocycles. The first-order valence-electron chi connectivity index (χ1n) is 7.24. The second-order valence-corrected chi connectivity index (χ2v) is 6.68. The van der Waals surface area contributed by atoms with Gasteiger partial charge in [0.25, 0.3) is 0 Å². The number of carbonyl (C=O) groups excluding carboxylic acids is 1. The molecule has 5 nitrogen and oxygen atoms in total. The van der Waals surface area contributed by atoms with Crippen molar-refractivity contribution in [2.75, 3.05) is 12.4 Å². The van der Waals surface area contributed by atoms with E-state index in [1.54, 1.807) is 6.08 Å². The molecule has 1 saturated carbocycles. The van der Waals surface area contributed by atoms with E-state index in [9.17, 15) is 19.8 Å². The standard InChI is InChI=1S/C15H22O5S/c1-8(2)10-3-4-15(19,7-21)12-11(10)5-9(13(16)17)6-20-14(12)18/h5,8,10-12,19,21H,3-4,6-7H2,1-2H3,(H,16,17)/t10-,11-,12-,15-/m1/s1. The summed E-state index contributed by atoms with van der Waals surface area (Å²) in [6, 6.07) is 0. The lowest BCUT2D eigenvalue weighted by atomic mass is 9.61. The number of hydrogen-bond acceptors (Lipinski definition) is 5. The molecule has 1 aliphatic heterocycles. The van der Waals surface area contributed by atoms with Crippen LogP contribution in [0.1, 0.15) is 26.7 Å². The van der Waals surface area contributed by atoms with Gasteiger partial charge < -0.3 is 14.9 Å². The Balaban J connectivity index is 2.48. The lowest BCUT2D eigenvalue weighted by Crippen LogP contribution is -2.53. The Morgan fingerprint density at radius 3 is 2.76 bits per heavy atom. The third-order valence-corrected chi connectivity index (χ3v) is 5.34. The number of thiol groups is 1. The van der Waals surface area contributed by atoms with E-state index in [0.717, 1.165) is 6.42 Å². The van der Waals surface area contributed by atoms with E-state index in [0.29, 0.717) is 12.3 Å². The molecule has 2 aliphatic rings. The summed E-state index contributed by atoms with van der Waals surface area (Å²) in [6.07, 6.45) is 2.84. The summed E-state index contributed by atoms with van der Waals surface area (Å²) in [7, 11) is 0. The Hall–Kier alpha value is -1.01. The minimum absolute atomic E-state index is 0.0879. The topological polar surface area (TPSA) is 83.8 Å². The monoisotopic (exact) mass is 314 g/mol. The van der Waals surface area contributed by atoms with Crippen molar-refractivity contribution in [2.24, 2.45) is 23.7 Å². The van der Waals surface area contributed by atoms with E-state index in [4.69, 9.17) is 4.74 Å². The number of rotatable bonds is 3. The van der Waals surface area contributed by atoms with Gasteiger partial charge in [-0.05, 0) is 30.6 Å². The summed E-state index contributed by atoms with van der Waals surface area (Å²) in [5.41, 5.74) is -1.15. The highest BCUT2D eigenvalue weighted by Gasteiger charge is 2.53. The molecule has 0 aromatic heterocycles. The number of fused-ring (bicyclic) bond motifs is 1. The molecular formula is C15H22O5S. The van der Waals surface area contributed by atoms with Gasteiger partial charge in [-0.3, -0.25) is 4.79 Å². The molecule has 0 unspecified atom stereocenters. The van der Waals surface area contributed by atoms with Crippen molar-refractivity contribution in [2.45, 2.75) is 32.3 Å². The number of aliphatic carboxylic acids is 1. The maximum Gasteiger partial charge on any atom is 0.334 e.